The van der Waals surface area contributed by atoms with Crippen LogP contribution in [-0.2, 0) is 9.53 Å². The maximum atomic E-state index is 12.9. The lowest BCUT2D eigenvalue weighted by molar-refractivity contribution is -0.330. The van der Waals surface area contributed by atoms with Gasteiger partial charge in [0, 0.05) is 0 Å². The SMILES string of the molecule is CCC(C)(C)C(=O)OC(F)(F)CC(F)(F)C(F)(F)F. The molecule has 9 heteroatoms. The van der Waals surface area contributed by atoms with E-state index >= 15 is 0 Å². The average molecular weight is 298 g/mol. The molecule has 0 unspecified atom stereocenters. The molecule has 0 radical (unpaired) electrons. The molecule has 19 heavy (non-hydrogen) atoms. The molecule has 0 aromatic carbocycles. The van der Waals surface area contributed by atoms with Crippen LogP contribution in [0.3, 0.4) is 0 Å². The third-order valence-corrected chi connectivity index (χ3v) is 2.52. The predicted molar refractivity (Wildman–Crippen MR) is 50.7 cm³/mol. The Kier molecular flexibility index (Phi) is 4.89. The first kappa shape index (κ1) is 18.0. The Morgan fingerprint density at radius 3 is 1.74 bits per heavy atom. The molecule has 2 nitrogen and oxygen atoms in total. The standard InChI is InChI=1S/C10H13F7O2/c1-4-7(2,3)6(18)19-9(13,14)5-8(11,12)10(15,16)17/h4-5H2,1-3H3. The third kappa shape index (κ3) is 4.87. The molecule has 0 aliphatic heterocycles. The van der Waals surface area contributed by atoms with Crippen LogP contribution in [0.25, 0.3) is 0 Å². The second-order valence-electron chi connectivity index (χ2n) is 4.64. The molecule has 0 aliphatic rings. The van der Waals surface area contributed by atoms with Gasteiger partial charge in [-0.1, -0.05) is 6.92 Å². The van der Waals surface area contributed by atoms with Crippen molar-refractivity contribution in [3.8, 4) is 0 Å². The van der Waals surface area contributed by atoms with E-state index in [4.69, 9.17) is 0 Å². The van der Waals surface area contributed by atoms with Crippen LogP contribution in [-0.4, -0.2) is 24.2 Å². The van der Waals surface area contributed by atoms with E-state index in [2.05, 4.69) is 4.74 Å². The van der Waals surface area contributed by atoms with Crippen molar-refractivity contribution in [1.29, 1.82) is 0 Å². The minimum absolute atomic E-state index is 0.0532. The van der Waals surface area contributed by atoms with Gasteiger partial charge in [-0.3, -0.25) is 4.79 Å². The Balaban J connectivity index is 4.89. The van der Waals surface area contributed by atoms with E-state index in [1.54, 1.807) is 0 Å². The molecule has 0 aromatic rings. The number of carbonyl (C=O) groups is 1. The highest BCUT2D eigenvalue weighted by atomic mass is 19.4. The summed E-state index contributed by atoms with van der Waals surface area (Å²) in [6.07, 6.45) is -13.9. The molecule has 0 heterocycles. The topological polar surface area (TPSA) is 26.3 Å². The van der Waals surface area contributed by atoms with Crippen molar-refractivity contribution >= 4 is 5.97 Å². The zero-order valence-corrected chi connectivity index (χ0v) is 10.4. The molecule has 114 valence electrons. The Morgan fingerprint density at radius 1 is 1.00 bits per heavy atom. The molecule has 0 spiro atoms. The average Bonchev–Trinajstić information content (AvgIpc) is 2.13. The van der Waals surface area contributed by atoms with Crippen LogP contribution in [0.4, 0.5) is 30.7 Å². The number of halogens is 7. The number of alkyl halides is 7. The fourth-order valence-electron chi connectivity index (χ4n) is 0.813. The predicted octanol–water partition coefficient (Wildman–Crippen LogP) is 4.15. The highest BCUT2D eigenvalue weighted by molar-refractivity contribution is 5.76. The van der Waals surface area contributed by atoms with Gasteiger partial charge in [-0.05, 0) is 20.3 Å². The molecule has 0 aliphatic carbocycles. The van der Waals surface area contributed by atoms with Gasteiger partial charge in [-0.2, -0.15) is 30.7 Å². The van der Waals surface area contributed by atoms with E-state index in [9.17, 15) is 35.5 Å². The van der Waals surface area contributed by atoms with Crippen molar-refractivity contribution in [1.82, 2.24) is 0 Å². The molecular weight excluding hydrogens is 285 g/mol. The van der Waals surface area contributed by atoms with Crippen molar-refractivity contribution in [2.24, 2.45) is 5.41 Å². The second-order valence-corrected chi connectivity index (χ2v) is 4.64. The summed E-state index contributed by atoms with van der Waals surface area (Å²) in [5.74, 6) is -7.19. The molecule has 0 fully saturated rings. The van der Waals surface area contributed by atoms with E-state index in [0.717, 1.165) is 0 Å². The van der Waals surface area contributed by atoms with E-state index in [-0.39, 0.29) is 6.42 Å². The number of carbonyl (C=O) groups excluding carboxylic acids is 1. The van der Waals surface area contributed by atoms with Crippen molar-refractivity contribution in [3.05, 3.63) is 0 Å². The molecule has 0 saturated carbocycles. The van der Waals surface area contributed by atoms with E-state index in [0.29, 0.717) is 0 Å². The summed E-state index contributed by atoms with van der Waals surface area (Å²) in [4.78, 5) is 11.2. The quantitative estimate of drug-likeness (QED) is 0.563. The van der Waals surface area contributed by atoms with Crippen molar-refractivity contribution < 1.29 is 40.3 Å². The fraction of sp³-hybridized carbons (Fsp3) is 0.900. The lowest BCUT2D eigenvalue weighted by atomic mass is 9.91. The molecule has 0 atom stereocenters. The maximum absolute atomic E-state index is 12.9. The van der Waals surface area contributed by atoms with Crippen LogP contribution in [0.15, 0.2) is 0 Å². The van der Waals surface area contributed by atoms with Gasteiger partial charge in [0.15, 0.2) is 0 Å². The summed E-state index contributed by atoms with van der Waals surface area (Å²) in [7, 11) is 0. The minimum atomic E-state index is -6.14. The number of esters is 1. The number of hydrogen-bond acceptors (Lipinski definition) is 2. The number of rotatable bonds is 5. The largest absolute Gasteiger partial charge is 0.453 e. The van der Waals surface area contributed by atoms with Crippen LogP contribution in [0, 0.1) is 5.41 Å². The molecule has 0 bridgehead atoms. The summed E-state index contributed by atoms with van der Waals surface area (Å²) in [5.41, 5.74) is -1.41. The van der Waals surface area contributed by atoms with Gasteiger partial charge >= 0.3 is 24.2 Å². The Bertz CT molecular complexity index is 333. The van der Waals surface area contributed by atoms with Gasteiger partial charge in [0.2, 0.25) is 0 Å². The molecule has 0 amide bonds. The monoisotopic (exact) mass is 298 g/mol. The van der Waals surface area contributed by atoms with Crippen molar-refractivity contribution in [2.75, 3.05) is 0 Å². The first-order valence-corrected chi connectivity index (χ1v) is 5.20. The maximum Gasteiger partial charge on any atom is 0.453 e. The zero-order valence-electron chi connectivity index (χ0n) is 10.4. The minimum Gasteiger partial charge on any atom is -0.400 e. The van der Waals surface area contributed by atoms with Gasteiger partial charge in [0.25, 0.3) is 0 Å². The van der Waals surface area contributed by atoms with Crippen LogP contribution < -0.4 is 0 Å². The highest BCUT2D eigenvalue weighted by Gasteiger charge is 2.63. The van der Waals surface area contributed by atoms with Gasteiger partial charge in [-0.25, -0.2) is 0 Å². The highest BCUT2D eigenvalue weighted by Crippen LogP contribution is 2.43. The van der Waals surface area contributed by atoms with Gasteiger partial charge in [0.1, 0.15) is 6.42 Å². The van der Waals surface area contributed by atoms with Crippen LogP contribution in [0.2, 0.25) is 0 Å². The number of ether oxygens (including phenoxy) is 1. The molecule has 0 N–H and O–H groups in total. The van der Waals surface area contributed by atoms with Crippen molar-refractivity contribution in [3.63, 3.8) is 0 Å². The second kappa shape index (κ2) is 5.16. The molecule has 0 rings (SSSR count). The first-order valence-electron chi connectivity index (χ1n) is 5.20. The fourth-order valence-corrected chi connectivity index (χ4v) is 0.813. The van der Waals surface area contributed by atoms with E-state index < -0.39 is 36.0 Å². The summed E-state index contributed by atoms with van der Waals surface area (Å²) in [6.45, 7) is 3.85. The lowest BCUT2D eigenvalue weighted by Crippen LogP contribution is -2.44. The summed E-state index contributed by atoms with van der Waals surface area (Å²) in [6, 6.07) is 0. The Hall–Kier alpha value is -1.02. The van der Waals surface area contributed by atoms with Gasteiger partial charge < -0.3 is 4.74 Å². The Labute approximate surface area is 104 Å². The molecular formula is C10H13F7O2. The first-order chi connectivity index (χ1) is 8.15. The number of hydrogen-bond donors (Lipinski definition) is 0. The van der Waals surface area contributed by atoms with E-state index in [1.165, 1.54) is 20.8 Å². The van der Waals surface area contributed by atoms with Crippen molar-refractivity contribution in [2.45, 2.75) is 51.8 Å². The van der Waals surface area contributed by atoms with E-state index in [1.807, 2.05) is 0 Å². The summed E-state index contributed by atoms with van der Waals surface area (Å²) >= 11 is 0. The normalized spacial score (nSPS) is 14.4. The molecule has 0 aromatic heterocycles. The van der Waals surface area contributed by atoms with Gasteiger partial charge in [0.05, 0.1) is 5.41 Å². The molecule has 0 saturated heterocycles. The van der Waals surface area contributed by atoms with Crippen LogP contribution in [0.5, 0.6) is 0 Å². The lowest BCUT2D eigenvalue weighted by Gasteiger charge is -2.27. The van der Waals surface area contributed by atoms with Crippen LogP contribution >= 0.6 is 0 Å². The zero-order chi connectivity index (χ0) is 15.7. The summed E-state index contributed by atoms with van der Waals surface area (Å²) < 4.78 is 89.6. The smallest absolute Gasteiger partial charge is 0.400 e. The van der Waals surface area contributed by atoms with Gasteiger partial charge in [-0.15, -0.1) is 0 Å². The third-order valence-electron chi connectivity index (χ3n) is 2.52. The summed E-state index contributed by atoms with van der Waals surface area (Å²) in [5, 5.41) is 0. The Morgan fingerprint density at radius 2 is 1.42 bits per heavy atom. The van der Waals surface area contributed by atoms with Crippen LogP contribution in [0.1, 0.15) is 33.6 Å².